The number of halogens is 1. The minimum atomic E-state index is -0.0989. The van der Waals surface area contributed by atoms with Crippen molar-refractivity contribution >= 4 is 5.69 Å². The number of hydrogen-bond acceptors (Lipinski definition) is 2. The van der Waals surface area contributed by atoms with Crippen LogP contribution in [0, 0.1) is 23.1 Å². The maximum Gasteiger partial charge on any atom is 0.146 e. The Morgan fingerprint density at radius 2 is 1.87 bits per heavy atom. The van der Waals surface area contributed by atoms with Crippen LogP contribution in [0.25, 0.3) is 0 Å². The van der Waals surface area contributed by atoms with Crippen LogP contribution in [0.2, 0.25) is 0 Å². The summed E-state index contributed by atoms with van der Waals surface area (Å²) in [6.45, 7) is 9.90. The van der Waals surface area contributed by atoms with Gasteiger partial charge in [0.1, 0.15) is 5.82 Å². The van der Waals surface area contributed by atoms with Gasteiger partial charge in [0.15, 0.2) is 0 Å². The van der Waals surface area contributed by atoms with Gasteiger partial charge < -0.3 is 4.90 Å². The number of hydrogen-bond donors (Lipinski definition) is 0. The minimum absolute atomic E-state index is 0.0989. The molecule has 2 bridgehead atoms. The molecule has 1 aromatic carbocycles. The summed E-state index contributed by atoms with van der Waals surface area (Å²) in [5.74, 6) is 1.61. The second kappa shape index (κ2) is 5.62. The van der Waals surface area contributed by atoms with E-state index in [1.54, 1.807) is 17.7 Å². The van der Waals surface area contributed by atoms with Gasteiger partial charge in [-0.05, 0) is 42.2 Å². The summed E-state index contributed by atoms with van der Waals surface area (Å²) >= 11 is 0. The van der Waals surface area contributed by atoms with Crippen molar-refractivity contribution in [3.63, 3.8) is 0 Å². The zero-order chi connectivity index (χ0) is 16.0. The van der Waals surface area contributed by atoms with Gasteiger partial charge in [0.05, 0.1) is 5.69 Å². The van der Waals surface area contributed by atoms with Gasteiger partial charge >= 0.3 is 0 Å². The molecule has 0 N–H and O–H groups in total. The van der Waals surface area contributed by atoms with Crippen molar-refractivity contribution < 1.29 is 4.39 Å². The molecule has 1 saturated carbocycles. The second-order valence-corrected chi connectivity index (χ2v) is 8.04. The second-order valence-electron chi connectivity index (χ2n) is 8.04. The molecule has 0 aromatic heterocycles. The van der Waals surface area contributed by atoms with E-state index in [-0.39, 0.29) is 5.82 Å². The number of para-hydroxylation sites is 1. The van der Waals surface area contributed by atoms with Gasteiger partial charge in [-0.3, -0.25) is 4.90 Å². The van der Waals surface area contributed by atoms with E-state index in [9.17, 15) is 4.39 Å². The normalized spacial score (nSPS) is 29.9. The first-order valence-electron chi connectivity index (χ1n) is 8.96. The number of benzene rings is 1. The molecule has 1 aromatic rings. The van der Waals surface area contributed by atoms with E-state index in [0.717, 1.165) is 50.2 Å². The molecule has 2 fully saturated rings. The van der Waals surface area contributed by atoms with E-state index in [1.165, 1.54) is 12.8 Å². The van der Waals surface area contributed by atoms with Gasteiger partial charge in [0.25, 0.3) is 0 Å². The summed E-state index contributed by atoms with van der Waals surface area (Å²) in [5, 5.41) is 0. The first-order valence-corrected chi connectivity index (χ1v) is 8.96. The zero-order valence-electron chi connectivity index (χ0n) is 14.3. The third-order valence-electron chi connectivity index (χ3n) is 6.55. The van der Waals surface area contributed by atoms with Crippen LogP contribution in [0.15, 0.2) is 35.9 Å². The van der Waals surface area contributed by atoms with Crippen LogP contribution in [-0.2, 0) is 0 Å². The largest absolute Gasteiger partial charge is 0.367 e. The molecule has 0 amide bonds. The van der Waals surface area contributed by atoms with Crippen LogP contribution in [-0.4, -0.2) is 37.6 Å². The molecule has 124 valence electrons. The molecule has 1 heterocycles. The van der Waals surface area contributed by atoms with E-state index in [1.807, 2.05) is 12.1 Å². The maximum atomic E-state index is 13.9. The fourth-order valence-electron chi connectivity index (χ4n) is 4.77. The summed E-state index contributed by atoms with van der Waals surface area (Å²) in [4.78, 5) is 4.74. The lowest BCUT2D eigenvalue weighted by Gasteiger charge is -2.57. The number of nitrogens with zero attached hydrogens (tertiary/aromatic N) is 2. The summed E-state index contributed by atoms with van der Waals surface area (Å²) in [6, 6.07) is 7.14. The van der Waals surface area contributed by atoms with Crippen molar-refractivity contribution in [2.75, 3.05) is 37.6 Å². The predicted molar refractivity (Wildman–Crippen MR) is 93.1 cm³/mol. The minimum Gasteiger partial charge on any atom is -0.367 e. The summed E-state index contributed by atoms with van der Waals surface area (Å²) in [7, 11) is 0. The molecule has 2 unspecified atom stereocenters. The Hall–Kier alpha value is -1.35. The topological polar surface area (TPSA) is 6.48 Å². The number of anilines is 1. The fourth-order valence-corrected chi connectivity index (χ4v) is 4.77. The van der Waals surface area contributed by atoms with Crippen molar-refractivity contribution in [3.05, 3.63) is 41.7 Å². The monoisotopic (exact) mass is 314 g/mol. The highest BCUT2D eigenvalue weighted by atomic mass is 19.1. The lowest BCUT2D eigenvalue weighted by atomic mass is 9.49. The highest BCUT2D eigenvalue weighted by Gasteiger charge is 2.51. The predicted octanol–water partition coefficient (Wildman–Crippen LogP) is 3.94. The quantitative estimate of drug-likeness (QED) is 0.780. The van der Waals surface area contributed by atoms with Crippen molar-refractivity contribution in [3.8, 4) is 0 Å². The summed E-state index contributed by atoms with van der Waals surface area (Å²) in [5.41, 5.74) is 2.93. The Labute approximate surface area is 139 Å². The Balaban J connectivity index is 1.36. The molecule has 2 atom stereocenters. The number of allylic oxidation sites excluding steroid dienone is 1. The zero-order valence-corrected chi connectivity index (χ0v) is 14.3. The molecule has 3 heteroatoms. The third-order valence-corrected chi connectivity index (χ3v) is 6.55. The van der Waals surface area contributed by atoms with Crippen LogP contribution in [0.4, 0.5) is 10.1 Å². The first-order chi connectivity index (χ1) is 11.1. The molecule has 1 aliphatic heterocycles. The van der Waals surface area contributed by atoms with Crippen LogP contribution in [0.3, 0.4) is 0 Å². The van der Waals surface area contributed by atoms with Gasteiger partial charge in [0, 0.05) is 32.7 Å². The Morgan fingerprint density at radius 3 is 2.52 bits per heavy atom. The van der Waals surface area contributed by atoms with Gasteiger partial charge in [-0.2, -0.15) is 0 Å². The molecule has 0 spiro atoms. The first kappa shape index (κ1) is 15.2. The van der Waals surface area contributed by atoms with Crippen LogP contribution < -0.4 is 4.90 Å². The third kappa shape index (κ3) is 2.59. The number of piperazine rings is 1. The van der Waals surface area contributed by atoms with Crippen molar-refractivity contribution in [2.45, 2.75) is 26.7 Å². The lowest BCUT2D eigenvalue weighted by molar-refractivity contribution is -0.0107. The Morgan fingerprint density at radius 1 is 1.13 bits per heavy atom. The Kier molecular flexibility index (Phi) is 3.72. The van der Waals surface area contributed by atoms with Crippen LogP contribution >= 0.6 is 0 Å². The molecule has 0 radical (unpaired) electrons. The molecule has 23 heavy (non-hydrogen) atoms. The molecular formula is C20H27FN2. The van der Waals surface area contributed by atoms with Crippen LogP contribution in [0.5, 0.6) is 0 Å². The van der Waals surface area contributed by atoms with Gasteiger partial charge in [0.2, 0.25) is 0 Å². The molecule has 3 aliphatic carbocycles. The molecular weight excluding hydrogens is 287 g/mol. The molecule has 2 nitrogen and oxygen atoms in total. The van der Waals surface area contributed by atoms with E-state index in [4.69, 9.17) is 0 Å². The standard InChI is InChI=1S/C20H27FN2/c1-20(2)16-8-7-15(17(20)13-16)14-22-9-11-23(12-10-22)19-6-4-3-5-18(19)21/h3-7,16-17H,8-14H2,1-2H3. The Bertz CT molecular complexity index is 614. The average molecular weight is 314 g/mol. The van der Waals surface area contributed by atoms with Gasteiger partial charge in [-0.15, -0.1) is 0 Å². The smallest absolute Gasteiger partial charge is 0.146 e. The number of fused-ring (bicyclic) bond motifs is 1. The molecule has 5 rings (SSSR count). The van der Waals surface area contributed by atoms with Gasteiger partial charge in [-0.25, -0.2) is 4.39 Å². The van der Waals surface area contributed by atoms with Crippen molar-refractivity contribution in [2.24, 2.45) is 17.3 Å². The lowest BCUT2D eigenvalue weighted by Crippen LogP contribution is -2.52. The summed E-state index contributed by atoms with van der Waals surface area (Å²) < 4.78 is 13.9. The van der Waals surface area contributed by atoms with Gasteiger partial charge in [-0.1, -0.05) is 37.6 Å². The highest BCUT2D eigenvalue weighted by Crippen LogP contribution is 2.59. The number of rotatable bonds is 3. The SMILES string of the molecule is CC1(C)C2CC=C(CN3CCN(c4ccccc4F)CC3)C1C2. The summed E-state index contributed by atoms with van der Waals surface area (Å²) in [6.07, 6.45) is 5.18. The highest BCUT2D eigenvalue weighted by molar-refractivity contribution is 5.48. The van der Waals surface area contributed by atoms with Crippen LogP contribution in [0.1, 0.15) is 26.7 Å². The average Bonchev–Trinajstić information content (AvgIpc) is 2.56. The van der Waals surface area contributed by atoms with Crippen molar-refractivity contribution in [1.29, 1.82) is 0 Å². The van der Waals surface area contributed by atoms with E-state index in [0.29, 0.717) is 5.41 Å². The molecule has 1 saturated heterocycles. The van der Waals surface area contributed by atoms with E-state index < -0.39 is 0 Å². The fraction of sp³-hybridized carbons (Fsp3) is 0.600. The van der Waals surface area contributed by atoms with Crippen molar-refractivity contribution in [1.82, 2.24) is 4.90 Å². The maximum absolute atomic E-state index is 13.9. The molecule has 4 aliphatic rings. The van der Waals surface area contributed by atoms with E-state index in [2.05, 4.69) is 29.7 Å². The van der Waals surface area contributed by atoms with E-state index >= 15 is 0 Å².